The van der Waals surface area contributed by atoms with Crippen LogP contribution in [-0.2, 0) is 0 Å². The summed E-state index contributed by atoms with van der Waals surface area (Å²) in [6.07, 6.45) is 3.70. The van der Waals surface area contributed by atoms with E-state index in [2.05, 4.69) is 25.7 Å². The van der Waals surface area contributed by atoms with Crippen LogP contribution in [0.4, 0.5) is 5.82 Å². The van der Waals surface area contributed by atoms with Gasteiger partial charge in [0.05, 0.1) is 17.9 Å². The van der Waals surface area contributed by atoms with E-state index in [9.17, 15) is 5.11 Å². The van der Waals surface area contributed by atoms with Gasteiger partial charge in [0.25, 0.3) is 0 Å². The van der Waals surface area contributed by atoms with Crippen LogP contribution in [0.25, 0.3) is 22.5 Å². The highest BCUT2D eigenvalue weighted by Crippen LogP contribution is 2.31. The highest BCUT2D eigenvalue weighted by atomic mass is 16.3. The number of hydrogen-bond acceptors (Lipinski definition) is 7. The van der Waals surface area contributed by atoms with Crippen LogP contribution in [0, 0.1) is 0 Å². The van der Waals surface area contributed by atoms with Gasteiger partial charge in [-0.3, -0.25) is 0 Å². The molecule has 0 radical (unpaired) electrons. The van der Waals surface area contributed by atoms with E-state index in [1.165, 1.54) is 0 Å². The summed E-state index contributed by atoms with van der Waals surface area (Å²) in [6, 6.07) is 9.07. The third-order valence-corrected chi connectivity index (χ3v) is 4.42. The van der Waals surface area contributed by atoms with Gasteiger partial charge in [0, 0.05) is 11.1 Å². The molecule has 128 valence electrons. The summed E-state index contributed by atoms with van der Waals surface area (Å²) in [5.41, 5.74) is 8.46. The lowest BCUT2D eigenvalue weighted by atomic mass is 10.1. The van der Waals surface area contributed by atoms with Crippen LogP contribution >= 0.6 is 0 Å². The average Bonchev–Trinajstić information content (AvgIpc) is 3.13. The zero-order valence-corrected chi connectivity index (χ0v) is 13.6. The monoisotopic (exact) mass is 337 g/mol. The van der Waals surface area contributed by atoms with E-state index in [0.717, 1.165) is 25.9 Å². The van der Waals surface area contributed by atoms with Gasteiger partial charge in [-0.1, -0.05) is 12.1 Å². The first-order valence-corrected chi connectivity index (χ1v) is 8.27. The predicted octanol–water partition coefficient (Wildman–Crippen LogP) is 1.61. The van der Waals surface area contributed by atoms with Crippen molar-refractivity contribution in [1.29, 1.82) is 0 Å². The van der Waals surface area contributed by atoms with Gasteiger partial charge in [0.15, 0.2) is 5.82 Å². The van der Waals surface area contributed by atoms with Crippen molar-refractivity contribution in [3.05, 3.63) is 36.5 Å². The van der Waals surface area contributed by atoms with Crippen molar-refractivity contribution in [3.63, 3.8) is 0 Å². The number of nitrogens with one attached hydrogen (secondary N) is 1. The molecule has 0 unspecified atom stereocenters. The molecule has 0 saturated carbocycles. The number of nitrogens with zero attached hydrogens (tertiary/aromatic N) is 5. The molecule has 2 aromatic heterocycles. The lowest BCUT2D eigenvalue weighted by molar-refractivity contribution is 0.314. The molecule has 25 heavy (non-hydrogen) atoms. The number of phenolic OH excluding ortho intramolecular Hbond substituents is 1. The highest BCUT2D eigenvalue weighted by Gasteiger charge is 2.19. The maximum Gasteiger partial charge on any atom is 0.155 e. The number of benzene rings is 1. The summed E-state index contributed by atoms with van der Waals surface area (Å²) in [6.45, 7) is 1.94. The molecule has 0 atom stereocenters. The standard InChI is InChI=1S/C17H19N7O/c18-17-13(9-14(21-22-17)12-3-1-2-4-16(12)25)15-10-20-24(23-15)11-5-7-19-8-6-11/h1-4,9-11,19,25H,5-8H2,(H2,18,22). The Labute approximate surface area is 144 Å². The molecule has 4 N–H and O–H groups in total. The molecule has 1 saturated heterocycles. The molecule has 3 heterocycles. The number of hydrogen-bond donors (Lipinski definition) is 3. The van der Waals surface area contributed by atoms with Crippen LogP contribution < -0.4 is 11.1 Å². The molecule has 0 bridgehead atoms. The Hall–Kier alpha value is -3.00. The van der Waals surface area contributed by atoms with Gasteiger partial charge in [-0.15, -0.1) is 10.2 Å². The average molecular weight is 337 g/mol. The van der Waals surface area contributed by atoms with Gasteiger partial charge >= 0.3 is 0 Å². The fourth-order valence-electron chi connectivity index (χ4n) is 3.04. The van der Waals surface area contributed by atoms with Crippen molar-refractivity contribution in [3.8, 4) is 28.3 Å². The Kier molecular flexibility index (Phi) is 4.02. The molecule has 0 aliphatic carbocycles. The largest absolute Gasteiger partial charge is 0.507 e. The second kappa shape index (κ2) is 6.48. The number of aromatic hydroxyl groups is 1. The lowest BCUT2D eigenvalue weighted by Gasteiger charge is -2.21. The number of piperidine rings is 1. The zero-order chi connectivity index (χ0) is 17.2. The minimum atomic E-state index is 0.144. The third kappa shape index (κ3) is 3.03. The Morgan fingerprint density at radius 3 is 2.68 bits per heavy atom. The maximum absolute atomic E-state index is 10.0. The van der Waals surface area contributed by atoms with Crippen molar-refractivity contribution in [1.82, 2.24) is 30.5 Å². The van der Waals surface area contributed by atoms with Gasteiger partial charge in [-0.25, -0.2) is 0 Å². The zero-order valence-electron chi connectivity index (χ0n) is 13.6. The van der Waals surface area contributed by atoms with Gasteiger partial charge in [-0.2, -0.15) is 15.0 Å². The Balaban J connectivity index is 1.70. The number of rotatable bonds is 3. The number of anilines is 1. The third-order valence-electron chi connectivity index (χ3n) is 4.42. The number of para-hydroxylation sites is 1. The summed E-state index contributed by atoms with van der Waals surface area (Å²) >= 11 is 0. The van der Waals surface area contributed by atoms with Gasteiger partial charge in [0.1, 0.15) is 11.4 Å². The highest BCUT2D eigenvalue weighted by molar-refractivity contribution is 5.76. The van der Waals surface area contributed by atoms with Crippen molar-refractivity contribution in [2.24, 2.45) is 0 Å². The minimum Gasteiger partial charge on any atom is -0.507 e. The molecule has 8 nitrogen and oxygen atoms in total. The van der Waals surface area contributed by atoms with Gasteiger partial charge in [0.2, 0.25) is 0 Å². The quantitative estimate of drug-likeness (QED) is 0.665. The van der Waals surface area contributed by atoms with Crippen LogP contribution in [0.2, 0.25) is 0 Å². The SMILES string of the molecule is Nc1nnc(-c2ccccc2O)cc1-c1cnn(C2CCNCC2)n1. The van der Waals surface area contributed by atoms with E-state index < -0.39 is 0 Å². The van der Waals surface area contributed by atoms with Crippen molar-refractivity contribution in [2.75, 3.05) is 18.8 Å². The smallest absolute Gasteiger partial charge is 0.155 e. The first-order valence-electron chi connectivity index (χ1n) is 8.27. The Bertz CT molecular complexity index is 886. The lowest BCUT2D eigenvalue weighted by Crippen LogP contribution is -2.30. The van der Waals surface area contributed by atoms with E-state index in [4.69, 9.17) is 5.73 Å². The molecule has 3 aromatic rings. The van der Waals surface area contributed by atoms with E-state index >= 15 is 0 Å². The van der Waals surface area contributed by atoms with Crippen molar-refractivity contribution >= 4 is 5.82 Å². The van der Waals surface area contributed by atoms with Gasteiger partial charge in [-0.05, 0) is 44.1 Å². The number of phenols is 1. The molecule has 8 heteroatoms. The molecule has 1 aliphatic heterocycles. The minimum absolute atomic E-state index is 0.144. The predicted molar refractivity (Wildman–Crippen MR) is 93.7 cm³/mol. The molecule has 4 rings (SSSR count). The summed E-state index contributed by atoms with van der Waals surface area (Å²) in [5, 5.41) is 30.5. The van der Waals surface area contributed by atoms with Crippen LogP contribution in [-0.4, -0.2) is 43.4 Å². The van der Waals surface area contributed by atoms with Crippen LogP contribution in [0.15, 0.2) is 36.5 Å². The summed E-state index contributed by atoms with van der Waals surface area (Å²) in [4.78, 5) is 1.76. The van der Waals surface area contributed by atoms with E-state index in [1.807, 2.05) is 6.07 Å². The number of nitrogen functional groups attached to an aromatic ring is 1. The second-order valence-corrected chi connectivity index (χ2v) is 6.08. The fourth-order valence-corrected chi connectivity index (χ4v) is 3.04. The Morgan fingerprint density at radius 1 is 1.08 bits per heavy atom. The molecular weight excluding hydrogens is 318 g/mol. The van der Waals surface area contributed by atoms with Gasteiger partial charge < -0.3 is 16.2 Å². The second-order valence-electron chi connectivity index (χ2n) is 6.08. The molecule has 1 fully saturated rings. The maximum atomic E-state index is 10.0. The fraction of sp³-hybridized carbons (Fsp3) is 0.294. The summed E-state index contributed by atoms with van der Waals surface area (Å²) < 4.78 is 0. The van der Waals surface area contributed by atoms with Crippen LogP contribution in [0.5, 0.6) is 5.75 Å². The van der Waals surface area contributed by atoms with Crippen molar-refractivity contribution in [2.45, 2.75) is 18.9 Å². The van der Waals surface area contributed by atoms with E-state index in [-0.39, 0.29) is 11.6 Å². The van der Waals surface area contributed by atoms with E-state index in [1.54, 1.807) is 35.3 Å². The number of aromatic nitrogens is 5. The number of nitrogens with two attached hydrogens (primary N) is 1. The Morgan fingerprint density at radius 2 is 1.88 bits per heavy atom. The molecule has 0 spiro atoms. The van der Waals surface area contributed by atoms with Crippen LogP contribution in [0.3, 0.4) is 0 Å². The first-order chi connectivity index (χ1) is 12.2. The molecule has 1 aliphatic rings. The molecule has 1 aromatic carbocycles. The summed E-state index contributed by atoms with van der Waals surface area (Å²) in [7, 11) is 0. The van der Waals surface area contributed by atoms with Crippen LogP contribution in [0.1, 0.15) is 18.9 Å². The molecular formula is C17H19N7O. The first kappa shape index (κ1) is 15.5. The summed E-state index contributed by atoms with van der Waals surface area (Å²) in [5.74, 6) is 0.433. The van der Waals surface area contributed by atoms with E-state index in [0.29, 0.717) is 28.6 Å². The normalized spacial score (nSPS) is 15.4. The van der Waals surface area contributed by atoms with Crippen molar-refractivity contribution < 1.29 is 5.11 Å². The topological polar surface area (TPSA) is 115 Å². The molecule has 0 amide bonds.